The fourth-order valence-electron chi connectivity index (χ4n) is 2.04. The zero-order valence-electron chi connectivity index (χ0n) is 12.0. The van der Waals surface area contributed by atoms with Gasteiger partial charge in [-0.2, -0.15) is 0 Å². The summed E-state index contributed by atoms with van der Waals surface area (Å²) in [4.78, 5) is 3.68. The molecule has 0 atom stereocenters. The molecular weight excluding hydrogens is 288 g/mol. The van der Waals surface area contributed by atoms with Gasteiger partial charge in [0.1, 0.15) is 0 Å². The molecule has 0 radical (unpaired) electrons. The van der Waals surface area contributed by atoms with Gasteiger partial charge in [0.05, 0.1) is 0 Å². The Morgan fingerprint density at radius 3 is 2.80 bits per heavy atom. The summed E-state index contributed by atoms with van der Waals surface area (Å²) >= 11 is 8.16. The number of anilines is 1. The van der Waals surface area contributed by atoms with E-state index in [1.165, 1.54) is 10.6 Å². The van der Waals surface area contributed by atoms with Gasteiger partial charge < -0.3 is 10.2 Å². The molecule has 0 amide bonds. The van der Waals surface area contributed by atoms with Gasteiger partial charge in [0.15, 0.2) is 0 Å². The molecule has 2 nitrogen and oxygen atoms in total. The van der Waals surface area contributed by atoms with E-state index in [0.29, 0.717) is 0 Å². The number of benzene rings is 1. The van der Waals surface area contributed by atoms with Crippen molar-refractivity contribution < 1.29 is 0 Å². The van der Waals surface area contributed by atoms with Crippen LogP contribution in [0.4, 0.5) is 5.69 Å². The predicted molar refractivity (Wildman–Crippen MR) is 90.1 cm³/mol. The van der Waals surface area contributed by atoms with Gasteiger partial charge in [0.25, 0.3) is 0 Å². The van der Waals surface area contributed by atoms with Crippen molar-refractivity contribution in [2.24, 2.45) is 0 Å². The predicted octanol–water partition coefficient (Wildman–Crippen LogP) is 4.19. The first-order valence-electron chi connectivity index (χ1n) is 6.93. The van der Waals surface area contributed by atoms with Crippen molar-refractivity contribution in [3.8, 4) is 0 Å². The van der Waals surface area contributed by atoms with Gasteiger partial charge in [-0.1, -0.05) is 30.7 Å². The maximum absolute atomic E-state index is 6.34. The average molecular weight is 309 g/mol. The number of hydrogen-bond acceptors (Lipinski definition) is 3. The third kappa shape index (κ3) is 4.23. The minimum atomic E-state index is 0.828. The fourth-order valence-corrected chi connectivity index (χ4v) is 2.98. The topological polar surface area (TPSA) is 15.3 Å². The van der Waals surface area contributed by atoms with Crippen molar-refractivity contribution in [1.82, 2.24) is 5.32 Å². The van der Waals surface area contributed by atoms with Crippen molar-refractivity contribution in [2.75, 3.05) is 25.0 Å². The summed E-state index contributed by atoms with van der Waals surface area (Å²) in [5.41, 5.74) is 2.33. The Labute approximate surface area is 130 Å². The number of rotatable bonds is 7. The van der Waals surface area contributed by atoms with E-state index in [2.05, 4.69) is 59.9 Å². The highest BCUT2D eigenvalue weighted by Crippen LogP contribution is 2.23. The van der Waals surface area contributed by atoms with Crippen molar-refractivity contribution >= 4 is 28.6 Å². The van der Waals surface area contributed by atoms with E-state index >= 15 is 0 Å². The highest BCUT2D eigenvalue weighted by molar-refractivity contribution is 7.09. The second kappa shape index (κ2) is 7.67. The molecule has 0 saturated carbocycles. The minimum Gasteiger partial charge on any atom is -0.374 e. The summed E-state index contributed by atoms with van der Waals surface area (Å²) in [5.74, 6) is 0. The van der Waals surface area contributed by atoms with Crippen LogP contribution in [0.5, 0.6) is 0 Å². The highest BCUT2D eigenvalue weighted by atomic mass is 35.5. The lowest BCUT2D eigenvalue weighted by Gasteiger charge is -2.20. The molecule has 0 saturated heterocycles. The van der Waals surface area contributed by atoms with Crippen LogP contribution in [0.3, 0.4) is 0 Å². The van der Waals surface area contributed by atoms with Gasteiger partial charge in [-0.15, -0.1) is 11.3 Å². The van der Waals surface area contributed by atoms with E-state index in [1.54, 1.807) is 0 Å². The Kier molecular flexibility index (Phi) is 5.89. The summed E-state index contributed by atoms with van der Waals surface area (Å²) in [6.07, 6.45) is 1.07. The van der Waals surface area contributed by atoms with E-state index < -0.39 is 0 Å². The SMILES string of the molecule is CCNCc1ccc(N(C)CCc2cccs2)cc1Cl. The molecule has 4 heteroatoms. The van der Waals surface area contributed by atoms with Crippen LogP contribution in [0.15, 0.2) is 35.7 Å². The zero-order valence-corrected chi connectivity index (χ0v) is 13.6. The smallest absolute Gasteiger partial charge is 0.0471 e. The number of likely N-dealkylation sites (N-methyl/N-ethyl adjacent to an activating group) is 1. The van der Waals surface area contributed by atoms with Crippen molar-refractivity contribution in [3.05, 3.63) is 51.2 Å². The average Bonchev–Trinajstić information content (AvgIpc) is 2.96. The first-order valence-corrected chi connectivity index (χ1v) is 8.19. The molecule has 0 aliphatic rings. The van der Waals surface area contributed by atoms with Gasteiger partial charge >= 0.3 is 0 Å². The monoisotopic (exact) mass is 308 g/mol. The molecule has 0 bridgehead atoms. The highest BCUT2D eigenvalue weighted by Gasteiger charge is 2.06. The van der Waals surface area contributed by atoms with Crippen LogP contribution < -0.4 is 10.2 Å². The molecule has 0 fully saturated rings. The van der Waals surface area contributed by atoms with Crippen LogP contribution in [0.25, 0.3) is 0 Å². The lowest BCUT2D eigenvalue weighted by atomic mass is 10.2. The van der Waals surface area contributed by atoms with Crippen LogP contribution in [0, 0.1) is 0 Å². The summed E-state index contributed by atoms with van der Waals surface area (Å²) in [7, 11) is 2.11. The molecule has 0 aliphatic carbocycles. The summed E-state index contributed by atoms with van der Waals surface area (Å²) in [6.45, 7) is 4.89. The van der Waals surface area contributed by atoms with Crippen LogP contribution in [0.1, 0.15) is 17.4 Å². The Bertz CT molecular complexity index is 525. The fraction of sp³-hybridized carbons (Fsp3) is 0.375. The number of hydrogen-bond donors (Lipinski definition) is 1. The van der Waals surface area contributed by atoms with Crippen molar-refractivity contribution in [3.63, 3.8) is 0 Å². The third-order valence-corrected chi connectivity index (χ3v) is 4.60. The normalized spacial score (nSPS) is 10.8. The van der Waals surface area contributed by atoms with Crippen LogP contribution in [-0.4, -0.2) is 20.1 Å². The molecule has 1 N–H and O–H groups in total. The number of nitrogens with zero attached hydrogens (tertiary/aromatic N) is 1. The molecule has 2 rings (SSSR count). The van der Waals surface area contributed by atoms with Gasteiger partial charge in [-0.05, 0) is 42.1 Å². The lowest BCUT2D eigenvalue weighted by molar-refractivity contribution is 0.727. The maximum Gasteiger partial charge on any atom is 0.0471 e. The zero-order chi connectivity index (χ0) is 14.4. The lowest BCUT2D eigenvalue weighted by Crippen LogP contribution is -2.20. The number of nitrogens with one attached hydrogen (secondary N) is 1. The second-order valence-electron chi connectivity index (χ2n) is 4.81. The molecule has 0 unspecified atom stereocenters. The van der Waals surface area contributed by atoms with E-state index in [4.69, 9.17) is 11.6 Å². The number of thiophene rings is 1. The summed E-state index contributed by atoms with van der Waals surface area (Å²) in [5, 5.41) is 6.27. The van der Waals surface area contributed by atoms with E-state index in [-0.39, 0.29) is 0 Å². The molecule has 0 spiro atoms. The van der Waals surface area contributed by atoms with Gasteiger partial charge in [-0.25, -0.2) is 0 Å². The summed E-state index contributed by atoms with van der Waals surface area (Å²) in [6, 6.07) is 10.6. The first-order chi connectivity index (χ1) is 9.70. The van der Waals surface area contributed by atoms with E-state index in [1.807, 2.05) is 11.3 Å². The molecule has 108 valence electrons. The molecule has 1 aromatic carbocycles. The molecular formula is C16H21ClN2S. The minimum absolute atomic E-state index is 0.828. The molecule has 1 aromatic heterocycles. The Hall–Kier alpha value is -1.03. The molecule has 0 aliphatic heterocycles. The molecule has 20 heavy (non-hydrogen) atoms. The Balaban J connectivity index is 1.95. The van der Waals surface area contributed by atoms with Gasteiger partial charge in [0, 0.05) is 35.7 Å². The second-order valence-corrected chi connectivity index (χ2v) is 6.25. The Morgan fingerprint density at radius 1 is 1.30 bits per heavy atom. The quantitative estimate of drug-likeness (QED) is 0.825. The maximum atomic E-state index is 6.34. The molecule has 2 aromatic rings. The van der Waals surface area contributed by atoms with Crippen LogP contribution >= 0.6 is 22.9 Å². The van der Waals surface area contributed by atoms with Gasteiger partial charge in [0.2, 0.25) is 0 Å². The standard InChI is InChI=1S/C16H21ClN2S/c1-3-18-12-13-6-7-14(11-16(13)17)19(2)9-8-15-5-4-10-20-15/h4-7,10-11,18H,3,8-9,12H2,1-2H3. The third-order valence-electron chi connectivity index (χ3n) is 3.32. The van der Waals surface area contributed by atoms with Crippen LogP contribution in [-0.2, 0) is 13.0 Å². The molecule has 1 heterocycles. The van der Waals surface area contributed by atoms with Crippen LogP contribution in [0.2, 0.25) is 5.02 Å². The van der Waals surface area contributed by atoms with E-state index in [0.717, 1.165) is 36.6 Å². The van der Waals surface area contributed by atoms with Crippen molar-refractivity contribution in [1.29, 1.82) is 0 Å². The largest absolute Gasteiger partial charge is 0.374 e. The van der Waals surface area contributed by atoms with Crippen molar-refractivity contribution in [2.45, 2.75) is 19.9 Å². The van der Waals surface area contributed by atoms with Gasteiger partial charge in [-0.3, -0.25) is 0 Å². The first kappa shape index (κ1) is 15.4. The van der Waals surface area contributed by atoms with E-state index in [9.17, 15) is 0 Å². The summed E-state index contributed by atoms with van der Waals surface area (Å²) < 4.78 is 0. The Morgan fingerprint density at radius 2 is 2.15 bits per heavy atom. The number of halogens is 1.